The molecule has 2 aromatic heterocycles. The molecule has 0 atom stereocenters. The van der Waals surface area contributed by atoms with E-state index in [4.69, 9.17) is 16.1 Å². The minimum absolute atomic E-state index is 0.123. The summed E-state index contributed by atoms with van der Waals surface area (Å²) in [6.07, 6.45) is 0. The molecule has 0 aliphatic carbocycles. The van der Waals surface area contributed by atoms with Gasteiger partial charge in [0.1, 0.15) is 0 Å². The van der Waals surface area contributed by atoms with E-state index in [2.05, 4.69) is 25.7 Å². The number of aromatic nitrogens is 5. The summed E-state index contributed by atoms with van der Waals surface area (Å²) in [4.78, 5) is 16.8. The van der Waals surface area contributed by atoms with Crippen LogP contribution >= 0.6 is 23.4 Å². The highest BCUT2D eigenvalue weighted by atomic mass is 35.5. The molecular weight excluding hydrogens is 448 g/mol. The predicted octanol–water partition coefficient (Wildman–Crippen LogP) is 4.39. The second kappa shape index (κ2) is 9.97. The first-order valence-electron chi connectivity index (χ1n) is 10.0. The van der Waals surface area contributed by atoms with Crippen LogP contribution in [0, 0.1) is 6.92 Å². The maximum absolute atomic E-state index is 12.3. The van der Waals surface area contributed by atoms with Crippen molar-refractivity contribution >= 4 is 29.3 Å². The van der Waals surface area contributed by atoms with Crippen molar-refractivity contribution in [1.82, 2.24) is 30.2 Å². The zero-order chi connectivity index (χ0) is 22.5. The Kier molecular flexibility index (Phi) is 6.87. The summed E-state index contributed by atoms with van der Waals surface area (Å²) in [6, 6.07) is 15.3. The van der Waals surface area contributed by atoms with Gasteiger partial charge in [-0.25, -0.2) is 0 Å². The molecule has 0 saturated carbocycles. The van der Waals surface area contributed by atoms with Gasteiger partial charge < -0.3 is 9.84 Å². The lowest BCUT2D eigenvalue weighted by Gasteiger charge is -2.07. The monoisotopic (exact) mass is 468 g/mol. The Balaban J connectivity index is 1.42. The number of hydrogen-bond acceptors (Lipinski definition) is 7. The number of nitrogens with one attached hydrogen (secondary N) is 1. The highest BCUT2D eigenvalue weighted by Gasteiger charge is 2.20. The van der Waals surface area contributed by atoms with Crippen molar-refractivity contribution < 1.29 is 9.32 Å². The van der Waals surface area contributed by atoms with Gasteiger partial charge in [-0.3, -0.25) is 9.36 Å². The highest BCUT2D eigenvalue weighted by Crippen LogP contribution is 2.25. The number of nitrogens with zero attached hydrogens (tertiary/aromatic N) is 5. The molecule has 32 heavy (non-hydrogen) atoms. The summed E-state index contributed by atoms with van der Waals surface area (Å²) in [7, 11) is 0. The molecule has 4 aromatic rings. The van der Waals surface area contributed by atoms with E-state index >= 15 is 0 Å². The van der Waals surface area contributed by atoms with Crippen LogP contribution in [0.4, 0.5) is 0 Å². The van der Waals surface area contributed by atoms with Gasteiger partial charge in [0.25, 0.3) is 5.89 Å². The van der Waals surface area contributed by atoms with Crippen LogP contribution in [0.1, 0.15) is 18.1 Å². The molecule has 4 rings (SSSR count). The van der Waals surface area contributed by atoms with Gasteiger partial charge in [-0.1, -0.05) is 70.5 Å². The Hall–Kier alpha value is -3.17. The van der Waals surface area contributed by atoms with Crippen LogP contribution < -0.4 is 5.32 Å². The highest BCUT2D eigenvalue weighted by molar-refractivity contribution is 7.99. The van der Waals surface area contributed by atoms with Crippen molar-refractivity contribution in [2.75, 3.05) is 5.75 Å². The Labute approximate surface area is 194 Å². The van der Waals surface area contributed by atoms with Crippen molar-refractivity contribution in [2.24, 2.45) is 0 Å². The van der Waals surface area contributed by atoms with E-state index in [0.717, 1.165) is 16.7 Å². The molecule has 0 aliphatic heterocycles. The molecule has 1 N–H and O–H groups in total. The minimum atomic E-state index is -0.123. The first-order chi connectivity index (χ1) is 15.5. The molecule has 164 valence electrons. The zero-order valence-electron chi connectivity index (χ0n) is 17.6. The fourth-order valence-electron chi connectivity index (χ4n) is 3.07. The number of halogens is 1. The third kappa shape index (κ3) is 5.00. The minimum Gasteiger partial charge on any atom is -0.351 e. The van der Waals surface area contributed by atoms with Crippen molar-refractivity contribution in [1.29, 1.82) is 0 Å². The van der Waals surface area contributed by atoms with Gasteiger partial charge in [-0.05, 0) is 31.5 Å². The summed E-state index contributed by atoms with van der Waals surface area (Å²) in [5.74, 6) is 1.31. The number of thioether (sulfide) groups is 1. The standard InChI is InChI=1S/C22H21ClN6O2S/c1-3-29-20(21-25-19(28-31-21)15-9-6-7-14(2)11-15)26-27-22(29)32-13-18(30)24-12-16-8-4-5-10-17(16)23/h4-11H,3,12-13H2,1-2H3,(H,24,30). The average Bonchev–Trinajstić information content (AvgIpc) is 3.44. The number of carbonyl (C=O) groups is 1. The first-order valence-corrected chi connectivity index (χ1v) is 11.4. The Morgan fingerprint density at radius 2 is 2.03 bits per heavy atom. The number of aryl methyl sites for hydroxylation is 1. The topological polar surface area (TPSA) is 98.7 Å². The second-order valence-electron chi connectivity index (χ2n) is 7.00. The lowest BCUT2D eigenvalue weighted by Crippen LogP contribution is -2.24. The van der Waals surface area contributed by atoms with Gasteiger partial charge in [-0.2, -0.15) is 4.98 Å². The van der Waals surface area contributed by atoms with Crippen molar-refractivity contribution in [2.45, 2.75) is 32.1 Å². The van der Waals surface area contributed by atoms with Crippen LogP contribution in [0.2, 0.25) is 5.02 Å². The normalized spacial score (nSPS) is 11.0. The third-order valence-electron chi connectivity index (χ3n) is 4.69. The maximum atomic E-state index is 12.3. The van der Waals surface area contributed by atoms with Gasteiger partial charge in [0.2, 0.25) is 17.6 Å². The summed E-state index contributed by atoms with van der Waals surface area (Å²) in [5, 5.41) is 16.6. The maximum Gasteiger partial charge on any atom is 0.296 e. The van der Waals surface area contributed by atoms with E-state index in [1.807, 2.05) is 60.9 Å². The molecule has 2 heterocycles. The number of rotatable bonds is 8. The van der Waals surface area contributed by atoms with Gasteiger partial charge in [0.05, 0.1) is 5.75 Å². The number of amides is 1. The van der Waals surface area contributed by atoms with E-state index in [9.17, 15) is 4.79 Å². The zero-order valence-corrected chi connectivity index (χ0v) is 19.2. The smallest absolute Gasteiger partial charge is 0.296 e. The third-order valence-corrected chi connectivity index (χ3v) is 6.03. The quantitative estimate of drug-likeness (QED) is 0.383. The van der Waals surface area contributed by atoms with Crippen LogP contribution in [-0.4, -0.2) is 36.6 Å². The first kappa shape index (κ1) is 22.0. The van der Waals surface area contributed by atoms with Crippen LogP contribution in [0.25, 0.3) is 23.1 Å². The number of hydrogen-bond donors (Lipinski definition) is 1. The van der Waals surface area contributed by atoms with Gasteiger partial charge in [0.15, 0.2) is 5.16 Å². The van der Waals surface area contributed by atoms with Crippen molar-refractivity contribution in [3.63, 3.8) is 0 Å². The number of carbonyl (C=O) groups excluding carboxylic acids is 1. The Bertz CT molecular complexity index is 1240. The summed E-state index contributed by atoms with van der Waals surface area (Å²) in [6.45, 7) is 4.93. The molecule has 0 spiro atoms. The van der Waals surface area contributed by atoms with Crippen LogP contribution in [-0.2, 0) is 17.9 Å². The summed E-state index contributed by atoms with van der Waals surface area (Å²) < 4.78 is 7.29. The summed E-state index contributed by atoms with van der Waals surface area (Å²) >= 11 is 7.43. The lowest BCUT2D eigenvalue weighted by atomic mass is 10.1. The van der Waals surface area contributed by atoms with E-state index in [1.165, 1.54) is 11.8 Å². The molecule has 0 unspecified atom stereocenters. The van der Waals surface area contributed by atoms with Crippen LogP contribution in [0.15, 0.2) is 58.2 Å². The van der Waals surface area contributed by atoms with Crippen LogP contribution in [0.3, 0.4) is 0 Å². The number of benzene rings is 2. The molecule has 0 radical (unpaired) electrons. The summed E-state index contributed by atoms with van der Waals surface area (Å²) in [5.41, 5.74) is 2.84. The fraction of sp³-hybridized carbons (Fsp3) is 0.227. The SMILES string of the molecule is CCn1c(SCC(=O)NCc2ccccc2Cl)nnc1-c1nc(-c2cccc(C)c2)no1. The van der Waals surface area contributed by atoms with E-state index < -0.39 is 0 Å². The molecule has 0 saturated heterocycles. The molecular formula is C22H21ClN6O2S. The predicted molar refractivity (Wildman–Crippen MR) is 123 cm³/mol. The molecule has 0 aliphatic rings. The molecule has 0 bridgehead atoms. The molecule has 2 aromatic carbocycles. The average molecular weight is 469 g/mol. The molecule has 8 nitrogen and oxygen atoms in total. The second-order valence-corrected chi connectivity index (χ2v) is 8.35. The van der Waals surface area contributed by atoms with Gasteiger partial charge in [0, 0.05) is 23.7 Å². The van der Waals surface area contributed by atoms with Crippen molar-refractivity contribution in [3.05, 3.63) is 64.7 Å². The lowest BCUT2D eigenvalue weighted by molar-refractivity contribution is -0.118. The largest absolute Gasteiger partial charge is 0.351 e. The molecule has 1 amide bonds. The van der Waals surface area contributed by atoms with Gasteiger partial charge in [-0.15, -0.1) is 10.2 Å². The van der Waals surface area contributed by atoms with Gasteiger partial charge >= 0.3 is 0 Å². The van der Waals surface area contributed by atoms with E-state index in [1.54, 1.807) is 6.07 Å². The Morgan fingerprint density at radius 3 is 2.81 bits per heavy atom. The van der Waals surface area contributed by atoms with Crippen LogP contribution in [0.5, 0.6) is 0 Å². The van der Waals surface area contributed by atoms with E-state index in [-0.39, 0.29) is 17.6 Å². The van der Waals surface area contributed by atoms with E-state index in [0.29, 0.717) is 34.9 Å². The molecule has 0 fully saturated rings. The fourth-order valence-corrected chi connectivity index (χ4v) is 4.11. The van der Waals surface area contributed by atoms with Crippen molar-refractivity contribution in [3.8, 4) is 23.1 Å². The molecule has 10 heteroatoms. The Morgan fingerprint density at radius 1 is 1.19 bits per heavy atom.